The Hall–Kier alpha value is -0.570. The van der Waals surface area contributed by atoms with Crippen LogP contribution in [0.25, 0.3) is 0 Å². The molecule has 118 valence electrons. The first kappa shape index (κ1) is 17.5. The van der Waals surface area contributed by atoms with E-state index in [9.17, 15) is 4.79 Å². The monoisotopic (exact) mass is 282 g/mol. The number of hydrogen-bond acceptors (Lipinski definition) is 2. The molecule has 1 fully saturated rings. The molecule has 1 saturated carbocycles. The zero-order chi connectivity index (χ0) is 15.3. The van der Waals surface area contributed by atoms with Gasteiger partial charge in [0.1, 0.15) is 0 Å². The topological polar surface area (TPSA) is 55.1 Å². The third-order valence-electron chi connectivity index (χ3n) is 4.78. The van der Waals surface area contributed by atoms with E-state index in [1.54, 1.807) is 0 Å². The lowest BCUT2D eigenvalue weighted by Crippen LogP contribution is -2.40. The van der Waals surface area contributed by atoms with Gasteiger partial charge in [0.05, 0.1) is 5.92 Å². The van der Waals surface area contributed by atoms with Crippen molar-refractivity contribution in [2.24, 2.45) is 28.9 Å². The molecule has 0 saturated heterocycles. The van der Waals surface area contributed by atoms with Crippen molar-refractivity contribution in [3.05, 3.63) is 0 Å². The molecule has 0 aromatic carbocycles. The quantitative estimate of drug-likeness (QED) is 0.812. The highest BCUT2D eigenvalue weighted by Crippen LogP contribution is 2.41. The summed E-state index contributed by atoms with van der Waals surface area (Å²) in [5.74, 6) is 1.65. The van der Waals surface area contributed by atoms with Gasteiger partial charge in [-0.1, -0.05) is 33.6 Å². The molecule has 1 atom stereocenters. The third kappa shape index (κ3) is 5.43. The van der Waals surface area contributed by atoms with Gasteiger partial charge in [0.25, 0.3) is 0 Å². The zero-order valence-electron chi connectivity index (χ0n) is 14.0. The van der Waals surface area contributed by atoms with E-state index in [1.807, 2.05) is 13.8 Å². The summed E-state index contributed by atoms with van der Waals surface area (Å²) in [6.07, 6.45) is 6.08. The van der Waals surface area contributed by atoms with Gasteiger partial charge in [0.2, 0.25) is 5.91 Å². The zero-order valence-corrected chi connectivity index (χ0v) is 14.0. The Bertz CT molecular complexity index is 299. The Morgan fingerprint density at radius 2 is 1.75 bits per heavy atom. The second-order valence-corrected chi connectivity index (χ2v) is 7.92. The minimum Gasteiger partial charge on any atom is -0.354 e. The SMILES string of the molecule is CC(C)NC(=O)C(CN)CC1CCC(C(C)(C)C)CC1. The minimum atomic E-state index is -0.00594. The fraction of sp³-hybridized carbons (Fsp3) is 0.941. The van der Waals surface area contributed by atoms with Crippen LogP contribution in [0.1, 0.15) is 66.7 Å². The Balaban J connectivity index is 2.43. The average Bonchev–Trinajstić information content (AvgIpc) is 2.34. The van der Waals surface area contributed by atoms with E-state index in [-0.39, 0.29) is 17.9 Å². The summed E-state index contributed by atoms with van der Waals surface area (Å²) >= 11 is 0. The van der Waals surface area contributed by atoms with Crippen molar-refractivity contribution in [2.45, 2.75) is 72.8 Å². The van der Waals surface area contributed by atoms with Gasteiger partial charge in [-0.3, -0.25) is 4.79 Å². The molecule has 1 unspecified atom stereocenters. The van der Waals surface area contributed by atoms with E-state index < -0.39 is 0 Å². The van der Waals surface area contributed by atoms with Crippen molar-refractivity contribution in [1.82, 2.24) is 5.32 Å². The van der Waals surface area contributed by atoms with E-state index in [1.165, 1.54) is 25.7 Å². The largest absolute Gasteiger partial charge is 0.354 e. The first-order chi connectivity index (χ1) is 9.24. The van der Waals surface area contributed by atoms with Crippen LogP contribution in [0.3, 0.4) is 0 Å². The maximum atomic E-state index is 12.1. The third-order valence-corrected chi connectivity index (χ3v) is 4.78. The average molecular weight is 282 g/mol. The number of nitrogens with one attached hydrogen (secondary N) is 1. The number of carbonyl (C=O) groups is 1. The molecule has 0 aliphatic heterocycles. The predicted octanol–water partition coefficient (Wildman–Crippen LogP) is 3.33. The van der Waals surface area contributed by atoms with Gasteiger partial charge in [0.15, 0.2) is 0 Å². The van der Waals surface area contributed by atoms with E-state index in [4.69, 9.17) is 5.73 Å². The van der Waals surface area contributed by atoms with Crippen molar-refractivity contribution in [3.8, 4) is 0 Å². The van der Waals surface area contributed by atoms with Crippen LogP contribution in [0, 0.1) is 23.2 Å². The summed E-state index contributed by atoms with van der Waals surface area (Å²) in [6.45, 7) is 11.5. The second-order valence-electron chi connectivity index (χ2n) is 7.92. The van der Waals surface area contributed by atoms with Crippen molar-refractivity contribution in [2.75, 3.05) is 6.54 Å². The van der Waals surface area contributed by atoms with Crippen LogP contribution >= 0.6 is 0 Å². The summed E-state index contributed by atoms with van der Waals surface area (Å²) in [6, 6.07) is 0.202. The molecule has 0 aromatic heterocycles. The second kappa shape index (κ2) is 7.44. The van der Waals surface area contributed by atoms with E-state index in [0.717, 1.165) is 12.3 Å². The molecule has 3 heteroatoms. The maximum absolute atomic E-state index is 12.1. The van der Waals surface area contributed by atoms with Gasteiger partial charge in [-0.05, 0) is 50.4 Å². The number of rotatable bonds is 5. The Morgan fingerprint density at radius 1 is 1.20 bits per heavy atom. The Labute approximate surface area is 125 Å². The molecular formula is C17H34N2O. The molecular weight excluding hydrogens is 248 g/mol. The molecule has 0 aromatic rings. The van der Waals surface area contributed by atoms with Crippen LogP contribution in [-0.4, -0.2) is 18.5 Å². The molecule has 0 bridgehead atoms. The first-order valence-corrected chi connectivity index (χ1v) is 8.24. The lowest BCUT2D eigenvalue weighted by molar-refractivity contribution is -0.125. The van der Waals surface area contributed by atoms with Gasteiger partial charge in [-0.25, -0.2) is 0 Å². The highest BCUT2D eigenvalue weighted by Gasteiger charge is 2.31. The lowest BCUT2D eigenvalue weighted by Gasteiger charge is -2.37. The maximum Gasteiger partial charge on any atom is 0.224 e. The fourth-order valence-electron chi connectivity index (χ4n) is 3.38. The molecule has 3 N–H and O–H groups in total. The molecule has 1 rings (SSSR count). The molecule has 1 aliphatic rings. The number of carbonyl (C=O) groups excluding carboxylic acids is 1. The Morgan fingerprint density at radius 3 is 2.15 bits per heavy atom. The highest BCUT2D eigenvalue weighted by atomic mass is 16.1. The Kier molecular flexibility index (Phi) is 6.50. The molecule has 0 heterocycles. The smallest absolute Gasteiger partial charge is 0.224 e. The number of nitrogens with two attached hydrogens (primary N) is 1. The van der Waals surface area contributed by atoms with Gasteiger partial charge >= 0.3 is 0 Å². The number of hydrogen-bond donors (Lipinski definition) is 2. The normalized spacial score (nSPS) is 25.6. The summed E-state index contributed by atoms with van der Waals surface area (Å²) in [7, 11) is 0. The fourth-order valence-corrected chi connectivity index (χ4v) is 3.38. The van der Waals surface area contributed by atoms with Crippen LogP contribution in [0.5, 0.6) is 0 Å². The molecule has 20 heavy (non-hydrogen) atoms. The van der Waals surface area contributed by atoms with Gasteiger partial charge < -0.3 is 11.1 Å². The molecule has 0 radical (unpaired) electrons. The molecule has 0 spiro atoms. The van der Waals surface area contributed by atoms with Crippen molar-refractivity contribution in [1.29, 1.82) is 0 Å². The first-order valence-electron chi connectivity index (χ1n) is 8.24. The summed E-state index contributed by atoms with van der Waals surface area (Å²) < 4.78 is 0. The van der Waals surface area contributed by atoms with Crippen LogP contribution in [0.4, 0.5) is 0 Å². The predicted molar refractivity (Wildman–Crippen MR) is 85.3 cm³/mol. The van der Waals surface area contributed by atoms with Crippen molar-refractivity contribution >= 4 is 5.91 Å². The summed E-state index contributed by atoms with van der Waals surface area (Å²) in [4.78, 5) is 12.1. The van der Waals surface area contributed by atoms with Crippen LogP contribution in [0.15, 0.2) is 0 Å². The van der Waals surface area contributed by atoms with Gasteiger partial charge in [-0.15, -0.1) is 0 Å². The lowest BCUT2D eigenvalue weighted by atomic mass is 9.68. The van der Waals surface area contributed by atoms with Gasteiger partial charge in [-0.2, -0.15) is 0 Å². The summed E-state index contributed by atoms with van der Waals surface area (Å²) in [5, 5.41) is 3.00. The van der Waals surface area contributed by atoms with Crippen LogP contribution < -0.4 is 11.1 Å². The molecule has 1 aliphatic carbocycles. The molecule has 1 amide bonds. The highest BCUT2D eigenvalue weighted by molar-refractivity contribution is 5.79. The van der Waals surface area contributed by atoms with Crippen molar-refractivity contribution < 1.29 is 4.79 Å². The molecule has 3 nitrogen and oxygen atoms in total. The van der Waals surface area contributed by atoms with Gasteiger partial charge in [0, 0.05) is 12.6 Å². The van der Waals surface area contributed by atoms with Crippen LogP contribution in [-0.2, 0) is 4.79 Å². The van der Waals surface area contributed by atoms with Crippen molar-refractivity contribution in [3.63, 3.8) is 0 Å². The minimum absolute atomic E-state index is 0.00594. The number of amides is 1. The van der Waals surface area contributed by atoms with Crippen LogP contribution in [0.2, 0.25) is 0 Å². The summed E-state index contributed by atoms with van der Waals surface area (Å²) in [5.41, 5.74) is 6.23. The standard InChI is InChI=1S/C17H34N2O/c1-12(2)19-16(20)14(11-18)10-13-6-8-15(9-7-13)17(3,4)5/h12-15H,6-11,18H2,1-5H3,(H,19,20). The van der Waals surface area contributed by atoms with E-state index in [2.05, 4.69) is 26.1 Å². The van der Waals surface area contributed by atoms with E-state index in [0.29, 0.717) is 17.9 Å². The van der Waals surface area contributed by atoms with E-state index >= 15 is 0 Å².